The van der Waals surface area contributed by atoms with Gasteiger partial charge >= 0.3 is 0 Å². The van der Waals surface area contributed by atoms with E-state index in [2.05, 4.69) is 0 Å². The van der Waals surface area contributed by atoms with E-state index in [1.807, 2.05) is 0 Å². The van der Waals surface area contributed by atoms with Crippen LogP contribution in [0.4, 0.5) is 0 Å². The molecule has 0 saturated carbocycles. The van der Waals surface area contributed by atoms with Crippen LogP contribution in [0.3, 0.4) is 0 Å². The van der Waals surface area contributed by atoms with Crippen LogP contribution >= 0.6 is 46.4 Å². The zero-order chi connectivity index (χ0) is 29.0. The standard InChI is InChI=1S/C18H28Cl4O16/c19-16(18(21,22)33)12(31)10(29)13(32)17(20,38-16)34-2-5-6(25)8(27)9(28)14(35-5)37-15(3-24)11(30)7(26)4(1-23)36-15/h4-14,23-33H,1-3H2/t4-,5-,6-,7-,8+,9-,10+,11+,12-,13-,14?,15+,16+,17?/m1/s1. The number of aliphatic hydroxyl groups excluding tert-OH is 10. The maximum atomic E-state index is 10.4. The molecule has 3 saturated heterocycles. The molecule has 0 aromatic carbocycles. The van der Waals surface area contributed by atoms with Gasteiger partial charge in [-0.15, -0.1) is 0 Å². The minimum absolute atomic E-state index is 0.794. The number of halogens is 4. The van der Waals surface area contributed by atoms with Gasteiger partial charge in [0.2, 0.25) is 10.8 Å². The van der Waals surface area contributed by atoms with Crippen LogP contribution < -0.4 is 0 Å². The number of alkyl halides is 4. The molecule has 0 bridgehead atoms. The van der Waals surface area contributed by atoms with Crippen molar-refractivity contribution in [1.82, 2.24) is 0 Å². The summed E-state index contributed by atoms with van der Waals surface area (Å²) in [5.74, 6) is -2.45. The Morgan fingerprint density at radius 1 is 0.763 bits per heavy atom. The van der Waals surface area contributed by atoms with Gasteiger partial charge in [-0.05, 0) is 0 Å². The summed E-state index contributed by atoms with van der Waals surface area (Å²) in [6.45, 7) is -2.88. The summed E-state index contributed by atoms with van der Waals surface area (Å²) < 4.78 is 23.0. The van der Waals surface area contributed by atoms with Crippen LogP contribution in [0.25, 0.3) is 0 Å². The van der Waals surface area contributed by atoms with Gasteiger partial charge in [0.25, 0.3) is 9.77 Å². The van der Waals surface area contributed by atoms with Crippen molar-refractivity contribution >= 4 is 46.4 Å². The summed E-state index contributed by atoms with van der Waals surface area (Å²) in [6, 6.07) is 0. The van der Waals surface area contributed by atoms with Crippen LogP contribution in [0.5, 0.6) is 0 Å². The van der Waals surface area contributed by atoms with Crippen molar-refractivity contribution in [2.45, 2.75) is 87.9 Å². The van der Waals surface area contributed by atoms with Gasteiger partial charge in [0.15, 0.2) is 12.4 Å². The Morgan fingerprint density at radius 3 is 1.87 bits per heavy atom. The fraction of sp³-hybridized carbons (Fsp3) is 1.00. The first-order valence-electron chi connectivity index (χ1n) is 10.9. The summed E-state index contributed by atoms with van der Waals surface area (Å²) in [7, 11) is 0. The van der Waals surface area contributed by atoms with Crippen molar-refractivity contribution < 1.29 is 79.9 Å². The molecule has 3 heterocycles. The van der Waals surface area contributed by atoms with Gasteiger partial charge in [0.05, 0.1) is 13.2 Å². The van der Waals surface area contributed by atoms with E-state index in [9.17, 15) is 56.2 Å². The lowest BCUT2D eigenvalue weighted by Gasteiger charge is -2.51. The Labute approximate surface area is 233 Å². The summed E-state index contributed by atoms with van der Waals surface area (Å²) in [5, 5.41) is 105. The van der Waals surface area contributed by atoms with Gasteiger partial charge in [-0.1, -0.05) is 46.4 Å². The Balaban J connectivity index is 1.79. The van der Waals surface area contributed by atoms with E-state index < -0.39 is 108 Å². The zero-order valence-corrected chi connectivity index (χ0v) is 22.0. The largest absolute Gasteiger partial charge is 0.394 e. The molecule has 0 radical (unpaired) electrons. The first-order valence-corrected chi connectivity index (χ1v) is 12.4. The maximum Gasteiger partial charge on any atom is 0.280 e. The highest BCUT2D eigenvalue weighted by Crippen LogP contribution is 2.50. The quantitative estimate of drug-likeness (QED) is 0.110. The normalized spacial score (nSPS) is 52.3. The summed E-state index contributed by atoms with van der Waals surface area (Å²) >= 11 is 23.1. The minimum Gasteiger partial charge on any atom is -0.394 e. The van der Waals surface area contributed by atoms with Gasteiger partial charge < -0.3 is 79.9 Å². The lowest BCUT2D eigenvalue weighted by molar-refractivity contribution is -0.392. The molecule has 11 N–H and O–H groups in total. The maximum absolute atomic E-state index is 10.4. The number of hydrogen-bond donors (Lipinski definition) is 11. The third kappa shape index (κ3) is 5.62. The number of ether oxygens (including phenoxy) is 5. The molecule has 3 aliphatic rings. The molecule has 0 aromatic rings. The SMILES string of the molecule is OC[C@H]1O[C@@](CO)(OC2O[C@H](COC3(Cl)O[C@](Cl)(C(O)(Cl)Cl)[C@H](O)[C@H](O)[C@H]3O)[C@@H](O)[C@H](O)[C@H]2O)[C@@H](O)[C@@H]1O. The second-order valence-corrected chi connectivity index (χ2v) is 11.3. The van der Waals surface area contributed by atoms with E-state index in [0.717, 1.165) is 0 Å². The lowest BCUT2D eigenvalue weighted by atomic mass is 9.97. The van der Waals surface area contributed by atoms with Crippen molar-refractivity contribution in [1.29, 1.82) is 0 Å². The zero-order valence-electron chi connectivity index (χ0n) is 18.9. The van der Waals surface area contributed by atoms with E-state index >= 15 is 0 Å². The van der Waals surface area contributed by atoms with Crippen molar-refractivity contribution in [3.63, 3.8) is 0 Å². The highest BCUT2D eigenvalue weighted by atomic mass is 35.5. The molecule has 0 spiro atoms. The highest BCUT2D eigenvalue weighted by molar-refractivity contribution is 6.52. The van der Waals surface area contributed by atoms with Crippen molar-refractivity contribution in [2.75, 3.05) is 19.8 Å². The van der Waals surface area contributed by atoms with E-state index in [4.69, 9.17) is 70.1 Å². The topological polar surface area (TPSA) is 269 Å². The van der Waals surface area contributed by atoms with Crippen molar-refractivity contribution in [3.8, 4) is 0 Å². The molecule has 20 heteroatoms. The predicted octanol–water partition coefficient (Wildman–Crippen LogP) is -5.31. The molecule has 14 atom stereocenters. The Bertz CT molecular complexity index is 826. The molecule has 3 aliphatic heterocycles. The lowest BCUT2D eigenvalue weighted by Crippen LogP contribution is -2.71. The number of rotatable bonds is 8. The summed E-state index contributed by atoms with van der Waals surface area (Å²) in [5.41, 5.74) is 0. The molecule has 3 rings (SSSR count). The van der Waals surface area contributed by atoms with Crippen LogP contribution in [0.15, 0.2) is 0 Å². The van der Waals surface area contributed by atoms with Gasteiger partial charge in [0.1, 0.15) is 61.5 Å². The predicted molar refractivity (Wildman–Crippen MR) is 120 cm³/mol. The van der Waals surface area contributed by atoms with Crippen molar-refractivity contribution in [3.05, 3.63) is 0 Å². The van der Waals surface area contributed by atoms with Gasteiger partial charge in [-0.25, -0.2) is 0 Å². The molecule has 2 unspecified atom stereocenters. The van der Waals surface area contributed by atoms with Crippen LogP contribution in [0.2, 0.25) is 0 Å². The van der Waals surface area contributed by atoms with E-state index in [1.54, 1.807) is 0 Å². The number of hydrogen-bond acceptors (Lipinski definition) is 16. The average Bonchev–Trinajstić information content (AvgIpc) is 3.10. The fourth-order valence-electron chi connectivity index (χ4n) is 4.09. The van der Waals surface area contributed by atoms with Crippen LogP contribution in [-0.2, 0) is 23.7 Å². The Morgan fingerprint density at radius 2 is 1.37 bits per heavy atom. The summed E-state index contributed by atoms with van der Waals surface area (Å²) in [4.78, 5) is 0. The van der Waals surface area contributed by atoms with Crippen LogP contribution in [-0.4, -0.2) is 164 Å². The molecule has 224 valence electrons. The van der Waals surface area contributed by atoms with E-state index in [-0.39, 0.29) is 0 Å². The first kappa shape index (κ1) is 33.0. The molecular formula is C18H28Cl4O16. The second-order valence-electron chi connectivity index (χ2n) is 8.94. The van der Waals surface area contributed by atoms with Crippen LogP contribution in [0, 0.1) is 0 Å². The van der Waals surface area contributed by atoms with Gasteiger partial charge in [-0.2, -0.15) is 0 Å². The van der Waals surface area contributed by atoms with Crippen molar-refractivity contribution in [2.24, 2.45) is 0 Å². The highest BCUT2D eigenvalue weighted by Gasteiger charge is 2.68. The first-order chi connectivity index (χ1) is 17.4. The Hall–Kier alpha value is 0.520. The minimum atomic E-state index is -3.11. The molecule has 38 heavy (non-hydrogen) atoms. The molecule has 16 nitrogen and oxygen atoms in total. The molecule has 0 amide bonds. The summed E-state index contributed by atoms with van der Waals surface area (Å²) in [6.07, 6.45) is -21.7. The Kier molecular flexibility index (Phi) is 10.1. The molecule has 0 aliphatic carbocycles. The molecule has 3 fully saturated rings. The molecule has 0 aromatic heterocycles. The van der Waals surface area contributed by atoms with Gasteiger partial charge in [0, 0.05) is 0 Å². The van der Waals surface area contributed by atoms with E-state index in [1.165, 1.54) is 0 Å². The van der Waals surface area contributed by atoms with Crippen LogP contribution in [0.1, 0.15) is 0 Å². The molecular weight excluding hydrogens is 614 g/mol. The third-order valence-corrected chi connectivity index (χ3v) is 8.15. The van der Waals surface area contributed by atoms with E-state index in [0.29, 0.717) is 0 Å². The number of aliphatic hydroxyl groups is 11. The monoisotopic (exact) mass is 640 g/mol. The second kappa shape index (κ2) is 11.7. The van der Waals surface area contributed by atoms with Gasteiger partial charge in [-0.3, -0.25) is 0 Å². The third-order valence-electron chi connectivity index (χ3n) is 6.41. The fourth-order valence-corrected chi connectivity index (χ4v) is 4.99. The smallest absolute Gasteiger partial charge is 0.280 e. The average molecular weight is 642 g/mol.